The number of carbonyl (C=O) groups excluding carboxylic acids is 1. The first-order chi connectivity index (χ1) is 8.83. The van der Waals surface area contributed by atoms with E-state index >= 15 is 0 Å². The quantitative estimate of drug-likeness (QED) is 0.939. The standard InChI is InChI=1S/C12H13N3OS2/c16-11(9-4-3-7-17-9)14-12-13-8-10(18-12)15-5-1-2-6-15/h3-4,7-8H,1-2,5-6H2,(H,13,14,16). The van der Waals surface area contributed by atoms with Crippen molar-refractivity contribution in [3.05, 3.63) is 28.6 Å². The zero-order chi connectivity index (χ0) is 12.4. The summed E-state index contributed by atoms with van der Waals surface area (Å²) in [6.45, 7) is 2.20. The topological polar surface area (TPSA) is 45.2 Å². The molecule has 0 aromatic carbocycles. The second-order valence-corrected chi connectivity index (χ2v) is 6.09. The fraction of sp³-hybridized carbons (Fsp3) is 0.333. The van der Waals surface area contributed by atoms with Gasteiger partial charge >= 0.3 is 0 Å². The Morgan fingerprint density at radius 2 is 2.22 bits per heavy atom. The van der Waals surface area contributed by atoms with Gasteiger partial charge in [-0.05, 0) is 24.3 Å². The molecule has 2 aromatic heterocycles. The number of carbonyl (C=O) groups is 1. The van der Waals surface area contributed by atoms with Gasteiger partial charge in [0.1, 0.15) is 5.00 Å². The number of hydrogen-bond donors (Lipinski definition) is 1. The fourth-order valence-electron chi connectivity index (χ4n) is 1.97. The van der Waals surface area contributed by atoms with Crippen LogP contribution < -0.4 is 10.2 Å². The summed E-state index contributed by atoms with van der Waals surface area (Å²) >= 11 is 2.98. The molecule has 4 nitrogen and oxygen atoms in total. The van der Waals surface area contributed by atoms with Crippen LogP contribution in [-0.2, 0) is 0 Å². The highest BCUT2D eigenvalue weighted by Gasteiger charge is 2.16. The lowest BCUT2D eigenvalue weighted by molar-refractivity contribution is 0.103. The maximum absolute atomic E-state index is 11.9. The van der Waals surface area contributed by atoms with E-state index in [-0.39, 0.29) is 5.91 Å². The normalized spacial score (nSPS) is 15.0. The molecule has 3 heterocycles. The maximum Gasteiger partial charge on any atom is 0.267 e. The van der Waals surface area contributed by atoms with E-state index in [9.17, 15) is 4.79 Å². The number of amides is 1. The zero-order valence-electron chi connectivity index (χ0n) is 9.76. The smallest absolute Gasteiger partial charge is 0.267 e. The van der Waals surface area contributed by atoms with E-state index in [1.54, 1.807) is 11.3 Å². The lowest BCUT2D eigenvalue weighted by Crippen LogP contribution is -2.15. The average molecular weight is 279 g/mol. The number of thiophene rings is 1. The molecule has 3 rings (SSSR count). The van der Waals surface area contributed by atoms with Crippen LogP contribution in [0.3, 0.4) is 0 Å². The third kappa shape index (κ3) is 2.39. The Morgan fingerprint density at radius 1 is 1.39 bits per heavy atom. The van der Waals surface area contributed by atoms with Gasteiger partial charge in [-0.1, -0.05) is 17.4 Å². The Balaban J connectivity index is 1.68. The second-order valence-electron chi connectivity index (χ2n) is 4.13. The Labute approximate surface area is 113 Å². The Kier molecular flexibility index (Phi) is 3.29. The van der Waals surface area contributed by atoms with Crippen LogP contribution in [-0.4, -0.2) is 24.0 Å². The minimum atomic E-state index is -0.0766. The average Bonchev–Trinajstić information content (AvgIpc) is 3.12. The van der Waals surface area contributed by atoms with E-state index in [1.807, 2.05) is 23.7 Å². The minimum Gasteiger partial charge on any atom is -0.362 e. The largest absolute Gasteiger partial charge is 0.362 e. The van der Waals surface area contributed by atoms with Crippen molar-refractivity contribution in [1.29, 1.82) is 0 Å². The number of anilines is 2. The summed E-state index contributed by atoms with van der Waals surface area (Å²) in [6.07, 6.45) is 4.34. The molecule has 0 spiro atoms. The Bertz CT molecular complexity index is 529. The van der Waals surface area contributed by atoms with Crippen molar-refractivity contribution < 1.29 is 4.79 Å². The van der Waals surface area contributed by atoms with Gasteiger partial charge in [0.05, 0.1) is 11.1 Å². The van der Waals surface area contributed by atoms with Gasteiger partial charge in [0.2, 0.25) is 0 Å². The summed E-state index contributed by atoms with van der Waals surface area (Å²) in [4.78, 5) is 19.2. The van der Waals surface area contributed by atoms with Gasteiger partial charge in [-0.15, -0.1) is 11.3 Å². The molecule has 1 amide bonds. The summed E-state index contributed by atoms with van der Waals surface area (Å²) in [6, 6.07) is 3.69. The number of nitrogens with zero attached hydrogens (tertiary/aromatic N) is 2. The van der Waals surface area contributed by atoms with Crippen molar-refractivity contribution in [3.63, 3.8) is 0 Å². The van der Waals surface area contributed by atoms with Crippen LogP contribution in [0.2, 0.25) is 0 Å². The predicted octanol–water partition coefficient (Wildman–Crippen LogP) is 3.06. The highest BCUT2D eigenvalue weighted by Crippen LogP contribution is 2.29. The van der Waals surface area contributed by atoms with Crippen molar-refractivity contribution in [1.82, 2.24) is 4.98 Å². The first-order valence-electron chi connectivity index (χ1n) is 5.88. The predicted molar refractivity (Wildman–Crippen MR) is 75.8 cm³/mol. The Hall–Kier alpha value is -1.40. The molecule has 1 aliphatic rings. The van der Waals surface area contributed by atoms with Gasteiger partial charge in [-0.3, -0.25) is 10.1 Å². The summed E-state index contributed by atoms with van der Waals surface area (Å²) in [5, 5.41) is 6.56. The first kappa shape index (κ1) is 11.7. The summed E-state index contributed by atoms with van der Waals surface area (Å²) in [7, 11) is 0. The van der Waals surface area contributed by atoms with Gasteiger partial charge in [-0.25, -0.2) is 4.98 Å². The molecule has 0 radical (unpaired) electrons. The van der Waals surface area contributed by atoms with Gasteiger partial charge in [0.15, 0.2) is 5.13 Å². The number of hydrogen-bond acceptors (Lipinski definition) is 5. The molecule has 1 saturated heterocycles. The lowest BCUT2D eigenvalue weighted by Gasteiger charge is -2.12. The molecule has 2 aromatic rings. The molecule has 0 aliphatic carbocycles. The van der Waals surface area contributed by atoms with Crippen LogP contribution in [0, 0.1) is 0 Å². The van der Waals surface area contributed by atoms with E-state index in [1.165, 1.54) is 24.2 Å². The third-order valence-corrected chi connectivity index (χ3v) is 4.72. The summed E-state index contributed by atoms with van der Waals surface area (Å²) in [5.41, 5.74) is 0. The van der Waals surface area contributed by atoms with E-state index in [0.717, 1.165) is 18.1 Å². The van der Waals surface area contributed by atoms with E-state index in [4.69, 9.17) is 0 Å². The number of thiazole rings is 1. The van der Waals surface area contributed by atoms with Crippen molar-refractivity contribution in [3.8, 4) is 0 Å². The second kappa shape index (κ2) is 5.07. The minimum absolute atomic E-state index is 0.0766. The van der Waals surface area contributed by atoms with Gasteiger partial charge < -0.3 is 4.90 Å². The van der Waals surface area contributed by atoms with Gasteiger partial charge in [-0.2, -0.15) is 0 Å². The van der Waals surface area contributed by atoms with Crippen LogP contribution in [0.4, 0.5) is 10.1 Å². The molecule has 1 fully saturated rings. The lowest BCUT2D eigenvalue weighted by atomic mass is 10.4. The van der Waals surface area contributed by atoms with Crippen molar-refractivity contribution in [2.24, 2.45) is 0 Å². The highest BCUT2D eigenvalue weighted by molar-refractivity contribution is 7.19. The molecule has 1 aliphatic heterocycles. The SMILES string of the molecule is O=C(Nc1ncc(N2CCCC2)s1)c1cccs1. The molecule has 0 unspecified atom stereocenters. The molecular weight excluding hydrogens is 266 g/mol. The number of nitrogens with one attached hydrogen (secondary N) is 1. The van der Waals surface area contributed by atoms with Crippen LogP contribution >= 0.6 is 22.7 Å². The molecule has 94 valence electrons. The molecule has 0 bridgehead atoms. The monoisotopic (exact) mass is 279 g/mol. The molecule has 0 atom stereocenters. The van der Waals surface area contributed by atoms with E-state index in [0.29, 0.717) is 10.0 Å². The van der Waals surface area contributed by atoms with Crippen molar-refractivity contribution in [2.75, 3.05) is 23.3 Å². The summed E-state index contributed by atoms with van der Waals surface area (Å²) < 4.78 is 0. The van der Waals surface area contributed by atoms with Crippen LogP contribution in [0.1, 0.15) is 22.5 Å². The zero-order valence-corrected chi connectivity index (χ0v) is 11.4. The fourth-order valence-corrected chi connectivity index (χ4v) is 3.46. The first-order valence-corrected chi connectivity index (χ1v) is 7.58. The molecule has 0 saturated carbocycles. The number of rotatable bonds is 3. The van der Waals surface area contributed by atoms with Crippen LogP contribution in [0.5, 0.6) is 0 Å². The van der Waals surface area contributed by atoms with Gasteiger partial charge in [0.25, 0.3) is 5.91 Å². The molecule has 6 heteroatoms. The highest BCUT2D eigenvalue weighted by atomic mass is 32.1. The molecule has 18 heavy (non-hydrogen) atoms. The maximum atomic E-state index is 11.9. The van der Waals surface area contributed by atoms with E-state index < -0.39 is 0 Å². The van der Waals surface area contributed by atoms with Crippen molar-refractivity contribution >= 4 is 38.7 Å². The molecule has 1 N–H and O–H groups in total. The number of aromatic nitrogens is 1. The van der Waals surface area contributed by atoms with Crippen LogP contribution in [0.15, 0.2) is 23.7 Å². The third-order valence-electron chi connectivity index (χ3n) is 2.88. The molecular formula is C12H13N3OS2. The summed E-state index contributed by atoms with van der Waals surface area (Å²) in [5.74, 6) is -0.0766. The Morgan fingerprint density at radius 3 is 2.94 bits per heavy atom. The van der Waals surface area contributed by atoms with Gasteiger partial charge in [0, 0.05) is 13.1 Å². The van der Waals surface area contributed by atoms with E-state index in [2.05, 4.69) is 15.2 Å². The van der Waals surface area contributed by atoms with Crippen molar-refractivity contribution in [2.45, 2.75) is 12.8 Å². The van der Waals surface area contributed by atoms with Crippen LogP contribution in [0.25, 0.3) is 0 Å².